The van der Waals surface area contributed by atoms with Crippen molar-refractivity contribution in [2.75, 3.05) is 7.11 Å². The highest BCUT2D eigenvalue weighted by molar-refractivity contribution is 9.10. The third-order valence-corrected chi connectivity index (χ3v) is 2.13. The smallest absolute Gasteiger partial charge is 0.357 e. The first-order valence-corrected chi connectivity index (χ1v) is 4.49. The van der Waals surface area contributed by atoms with Crippen LogP contribution in [0.3, 0.4) is 0 Å². The van der Waals surface area contributed by atoms with E-state index >= 15 is 0 Å². The van der Waals surface area contributed by atoms with E-state index in [0.717, 1.165) is 7.11 Å². The minimum atomic E-state index is -2.99. The van der Waals surface area contributed by atoms with E-state index < -0.39 is 29.5 Å². The van der Waals surface area contributed by atoms with Crippen LogP contribution in [0.15, 0.2) is 10.7 Å². The fourth-order valence-corrected chi connectivity index (χ4v) is 1.20. The number of hydrogen-bond donors (Lipinski definition) is 0. The first kappa shape index (κ1) is 12.0. The molecule has 0 N–H and O–H groups in total. The number of carbonyl (C=O) groups is 1. The summed E-state index contributed by atoms with van der Waals surface area (Å²) in [5.74, 6) is -2.00. The molecule has 0 spiro atoms. The second kappa shape index (κ2) is 4.61. The molecule has 3 nitrogen and oxygen atoms in total. The highest BCUT2D eigenvalue weighted by Gasteiger charge is 2.23. The maximum atomic E-state index is 12.9. The molecule has 0 atom stereocenters. The molecule has 1 rings (SSSR count). The molecular formula is C8H5BrF3NO2. The van der Waals surface area contributed by atoms with E-state index in [1.807, 2.05) is 0 Å². The Labute approximate surface area is 91.4 Å². The van der Waals surface area contributed by atoms with Gasteiger partial charge in [-0.25, -0.2) is 22.9 Å². The lowest BCUT2D eigenvalue weighted by Crippen LogP contribution is -2.10. The fraction of sp³-hybridized carbons (Fsp3) is 0.250. The topological polar surface area (TPSA) is 39.2 Å². The monoisotopic (exact) mass is 283 g/mol. The summed E-state index contributed by atoms with van der Waals surface area (Å²) in [6.45, 7) is 0. The molecule has 0 fully saturated rings. The zero-order chi connectivity index (χ0) is 11.6. The van der Waals surface area contributed by atoms with Gasteiger partial charge in [0.1, 0.15) is 4.60 Å². The molecule has 1 heterocycles. The molecule has 15 heavy (non-hydrogen) atoms. The normalized spacial score (nSPS) is 10.5. The highest BCUT2D eigenvalue weighted by Crippen LogP contribution is 2.26. The second-order valence-corrected chi connectivity index (χ2v) is 3.24. The van der Waals surface area contributed by atoms with Crippen molar-refractivity contribution in [2.24, 2.45) is 0 Å². The maximum Gasteiger partial charge on any atom is 0.357 e. The van der Waals surface area contributed by atoms with Gasteiger partial charge in [-0.15, -0.1) is 0 Å². The Hall–Kier alpha value is -1.11. The number of methoxy groups -OCH3 is 1. The number of halogens is 4. The summed E-state index contributed by atoms with van der Waals surface area (Å²) in [6, 6.07) is 0.550. The van der Waals surface area contributed by atoms with Crippen LogP contribution in [0, 0.1) is 5.82 Å². The molecule has 0 aliphatic heterocycles. The molecule has 0 amide bonds. The van der Waals surface area contributed by atoms with Crippen molar-refractivity contribution in [1.29, 1.82) is 0 Å². The minimum Gasteiger partial charge on any atom is -0.464 e. The maximum absolute atomic E-state index is 12.9. The van der Waals surface area contributed by atoms with E-state index in [1.54, 1.807) is 0 Å². The number of nitrogens with zero attached hydrogens (tertiary/aromatic N) is 1. The molecule has 0 unspecified atom stereocenters. The van der Waals surface area contributed by atoms with Crippen LogP contribution < -0.4 is 0 Å². The van der Waals surface area contributed by atoms with E-state index in [9.17, 15) is 18.0 Å². The predicted molar refractivity (Wildman–Crippen MR) is 48.2 cm³/mol. The van der Waals surface area contributed by atoms with Crippen LogP contribution in [0.4, 0.5) is 13.2 Å². The molecule has 1 aromatic rings. The lowest BCUT2D eigenvalue weighted by Gasteiger charge is -2.06. The zero-order valence-electron chi connectivity index (χ0n) is 7.43. The number of esters is 1. The van der Waals surface area contributed by atoms with Gasteiger partial charge in [0.2, 0.25) is 0 Å². The Bertz CT molecular complexity index is 398. The molecule has 0 bridgehead atoms. The summed E-state index contributed by atoms with van der Waals surface area (Å²) >= 11 is 2.69. The summed E-state index contributed by atoms with van der Waals surface area (Å²) in [5, 5.41) is 0. The molecule has 7 heteroatoms. The Kier molecular flexibility index (Phi) is 3.67. The SMILES string of the molecule is COC(=O)c1nc(Br)c(F)cc1C(F)F. The fourth-order valence-electron chi connectivity index (χ4n) is 0.907. The molecule has 0 aliphatic rings. The van der Waals surface area contributed by atoms with Gasteiger partial charge in [0, 0.05) is 0 Å². The number of rotatable bonds is 2. The van der Waals surface area contributed by atoms with Gasteiger partial charge >= 0.3 is 5.97 Å². The van der Waals surface area contributed by atoms with Crippen LogP contribution in [-0.4, -0.2) is 18.1 Å². The van der Waals surface area contributed by atoms with E-state index in [2.05, 4.69) is 25.7 Å². The second-order valence-electron chi connectivity index (χ2n) is 2.49. The van der Waals surface area contributed by atoms with Crippen LogP contribution in [0.1, 0.15) is 22.5 Å². The van der Waals surface area contributed by atoms with Crippen molar-refractivity contribution in [1.82, 2.24) is 4.98 Å². The summed E-state index contributed by atoms with van der Waals surface area (Å²) in [4.78, 5) is 14.4. The van der Waals surface area contributed by atoms with Crippen LogP contribution in [-0.2, 0) is 4.74 Å². The van der Waals surface area contributed by atoms with E-state index in [0.29, 0.717) is 6.07 Å². The first-order valence-electron chi connectivity index (χ1n) is 3.69. The average Bonchev–Trinajstić information content (AvgIpc) is 2.20. The van der Waals surface area contributed by atoms with Crippen LogP contribution in [0.25, 0.3) is 0 Å². The number of alkyl halides is 2. The largest absolute Gasteiger partial charge is 0.464 e. The van der Waals surface area contributed by atoms with Crippen molar-refractivity contribution in [2.45, 2.75) is 6.43 Å². The predicted octanol–water partition coefficient (Wildman–Crippen LogP) is 2.71. The highest BCUT2D eigenvalue weighted by atomic mass is 79.9. The lowest BCUT2D eigenvalue weighted by atomic mass is 10.2. The number of carbonyl (C=O) groups excluding carboxylic acids is 1. The molecule has 0 aliphatic carbocycles. The molecule has 82 valence electrons. The van der Waals surface area contributed by atoms with E-state index in [-0.39, 0.29) is 4.60 Å². The standard InChI is InChI=1S/C8H5BrF3NO2/c1-15-8(14)5-3(7(11)12)2-4(10)6(9)13-5/h2,7H,1H3. The molecular weight excluding hydrogens is 279 g/mol. The Morgan fingerprint density at radius 3 is 2.67 bits per heavy atom. The molecule has 0 radical (unpaired) electrons. The van der Waals surface area contributed by atoms with Crippen LogP contribution in [0.5, 0.6) is 0 Å². The number of hydrogen-bond acceptors (Lipinski definition) is 3. The van der Waals surface area contributed by atoms with Gasteiger partial charge in [-0.1, -0.05) is 0 Å². The van der Waals surface area contributed by atoms with Crippen molar-refractivity contribution in [3.63, 3.8) is 0 Å². The molecule has 0 aromatic carbocycles. The Morgan fingerprint density at radius 2 is 2.20 bits per heavy atom. The summed E-state index contributed by atoms with van der Waals surface area (Å²) in [5.41, 5.74) is -1.39. The van der Waals surface area contributed by atoms with Gasteiger partial charge in [0.15, 0.2) is 11.5 Å². The summed E-state index contributed by atoms with van der Waals surface area (Å²) in [6.07, 6.45) is -2.99. The van der Waals surface area contributed by atoms with Crippen molar-refractivity contribution < 1.29 is 22.7 Å². The van der Waals surface area contributed by atoms with Gasteiger partial charge in [-0.05, 0) is 22.0 Å². The molecule has 1 aromatic heterocycles. The number of aromatic nitrogens is 1. The first-order chi connectivity index (χ1) is 6.97. The van der Waals surface area contributed by atoms with Gasteiger partial charge in [-0.2, -0.15) is 0 Å². The summed E-state index contributed by atoms with van der Waals surface area (Å²) < 4.78 is 41.6. The quantitative estimate of drug-likeness (QED) is 0.619. The third-order valence-electron chi connectivity index (χ3n) is 1.58. The zero-order valence-corrected chi connectivity index (χ0v) is 9.02. The lowest BCUT2D eigenvalue weighted by molar-refractivity contribution is 0.0581. The minimum absolute atomic E-state index is 0.313. The van der Waals surface area contributed by atoms with Crippen molar-refractivity contribution >= 4 is 21.9 Å². The Balaban J connectivity index is 3.34. The number of ether oxygens (including phenoxy) is 1. The van der Waals surface area contributed by atoms with Gasteiger partial charge in [-0.3, -0.25) is 0 Å². The van der Waals surface area contributed by atoms with Crippen LogP contribution in [0.2, 0.25) is 0 Å². The number of pyridine rings is 1. The molecule has 0 saturated carbocycles. The van der Waals surface area contributed by atoms with Crippen molar-refractivity contribution in [3.8, 4) is 0 Å². The average molecular weight is 284 g/mol. The van der Waals surface area contributed by atoms with E-state index in [4.69, 9.17) is 0 Å². The van der Waals surface area contributed by atoms with Gasteiger partial charge in [0.25, 0.3) is 6.43 Å². The van der Waals surface area contributed by atoms with Crippen LogP contribution >= 0.6 is 15.9 Å². The summed E-state index contributed by atoms with van der Waals surface area (Å²) in [7, 11) is 1.02. The third kappa shape index (κ3) is 2.47. The Morgan fingerprint density at radius 1 is 1.60 bits per heavy atom. The van der Waals surface area contributed by atoms with E-state index in [1.165, 1.54) is 0 Å². The van der Waals surface area contributed by atoms with Gasteiger partial charge < -0.3 is 4.74 Å². The van der Waals surface area contributed by atoms with Crippen molar-refractivity contribution in [3.05, 3.63) is 27.7 Å². The molecule has 0 saturated heterocycles. The van der Waals surface area contributed by atoms with Gasteiger partial charge in [0.05, 0.1) is 12.7 Å².